The summed E-state index contributed by atoms with van der Waals surface area (Å²) in [7, 11) is 1.67. The number of ether oxygens (including phenoxy) is 1. The third kappa shape index (κ3) is 2.85. The predicted molar refractivity (Wildman–Crippen MR) is 85.2 cm³/mol. The fraction of sp³-hybridized carbons (Fsp3) is 0.267. The van der Waals surface area contributed by atoms with Gasteiger partial charge in [-0.15, -0.1) is 0 Å². The Labute approximate surface area is 135 Å². The van der Waals surface area contributed by atoms with Crippen LogP contribution in [0.2, 0.25) is 0 Å². The normalized spacial score (nSPS) is 13.6. The second-order valence-corrected chi connectivity index (χ2v) is 5.93. The van der Waals surface area contributed by atoms with Crippen LogP contribution in [0.4, 0.5) is 5.69 Å². The van der Waals surface area contributed by atoms with Crippen LogP contribution in [0.25, 0.3) is 11.3 Å². The molecule has 1 aliphatic rings. The zero-order valence-electron chi connectivity index (χ0n) is 12.3. The minimum absolute atomic E-state index is 0.00458. The first-order valence-electron chi connectivity index (χ1n) is 6.91. The molecule has 1 aromatic heterocycles. The van der Waals surface area contributed by atoms with Crippen molar-refractivity contribution in [3.63, 3.8) is 0 Å². The summed E-state index contributed by atoms with van der Waals surface area (Å²) in [5.41, 5.74) is 2.00. The molecule has 1 aromatic carbocycles. The van der Waals surface area contributed by atoms with Crippen molar-refractivity contribution in [2.75, 3.05) is 18.6 Å². The van der Waals surface area contributed by atoms with Gasteiger partial charge >= 0.3 is 10.8 Å². The smallest absolute Gasteiger partial charge is 0.307 e. The van der Waals surface area contributed by atoms with E-state index in [1.807, 2.05) is 0 Å². The van der Waals surface area contributed by atoms with Crippen LogP contribution in [0, 0.1) is 0 Å². The molecule has 0 saturated carbocycles. The Kier molecular flexibility index (Phi) is 3.91. The fourth-order valence-electron chi connectivity index (χ4n) is 2.41. The summed E-state index contributed by atoms with van der Waals surface area (Å²) in [5.74, 6) is -0.507. The number of anilines is 1. The van der Waals surface area contributed by atoms with Crippen LogP contribution in [0.3, 0.4) is 0 Å². The number of fused-ring (bicyclic) bond motifs is 1. The molecule has 1 amide bonds. The van der Waals surface area contributed by atoms with E-state index in [0.717, 1.165) is 16.9 Å². The molecular weight excluding hydrogens is 320 g/mol. The third-order valence-corrected chi connectivity index (χ3v) is 4.44. The Bertz CT molecular complexity index is 839. The summed E-state index contributed by atoms with van der Waals surface area (Å²) in [6, 6.07) is 5.31. The molecule has 0 radical (unpaired) electrons. The van der Waals surface area contributed by atoms with Crippen LogP contribution < -0.4 is 14.5 Å². The summed E-state index contributed by atoms with van der Waals surface area (Å²) >= 11 is 1.02. The lowest BCUT2D eigenvalue weighted by molar-refractivity contribution is -0.137. The van der Waals surface area contributed by atoms with E-state index in [0.29, 0.717) is 17.1 Å². The number of amides is 1. The predicted octanol–water partition coefficient (Wildman–Crippen LogP) is 1.41. The van der Waals surface area contributed by atoms with Gasteiger partial charge in [-0.2, -0.15) is 0 Å². The molecule has 7 nitrogen and oxygen atoms in total. The lowest BCUT2D eigenvalue weighted by Gasteiger charge is -2.26. The number of carboxylic acid groups (broad SMARTS) is 1. The molecule has 0 aliphatic carbocycles. The average Bonchev–Trinajstić information content (AvgIpc) is 2.89. The standard InChI is InChI=1S/C15H14N2O5S/c1-16-10-6-9(2-3-12(10)22-7-13(16)18)11-8-23-15(21)17(11)5-4-14(19)20/h2-3,6,8H,4-5,7H2,1H3,(H,19,20). The zero-order chi connectivity index (χ0) is 16.6. The zero-order valence-corrected chi connectivity index (χ0v) is 13.1. The molecule has 8 heteroatoms. The van der Waals surface area contributed by atoms with Crippen molar-refractivity contribution >= 4 is 28.9 Å². The summed E-state index contributed by atoms with van der Waals surface area (Å²) in [6.07, 6.45) is -0.129. The number of thiazole rings is 1. The maximum absolute atomic E-state index is 11.9. The van der Waals surface area contributed by atoms with E-state index >= 15 is 0 Å². The first-order chi connectivity index (χ1) is 11.0. The van der Waals surface area contributed by atoms with Gasteiger partial charge in [-0.05, 0) is 18.2 Å². The van der Waals surface area contributed by atoms with E-state index in [9.17, 15) is 14.4 Å². The number of carbonyl (C=O) groups is 2. The molecule has 0 fully saturated rings. The van der Waals surface area contributed by atoms with Gasteiger partial charge in [-0.25, -0.2) is 0 Å². The van der Waals surface area contributed by atoms with Gasteiger partial charge in [0, 0.05) is 24.5 Å². The molecule has 1 aliphatic heterocycles. The number of hydrogen-bond acceptors (Lipinski definition) is 5. The maximum Gasteiger partial charge on any atom is 0.307 e. The Hall–Kier alpha value is -2.61. The average molecular weight is 334 g/mol. The molecule has 23 heavy (non-hydrogen) atoms. The monoisotopic (exact) mass is 334 g/mol. The van der Waals surface area contributed by atoms with Crippen molar-refractivity contribution < 1.29 is 19.4 Å². The Morgan fingerprint density at radius 1 is 1.39 bits per heavy atom. The number of carboxylic acids is 1. The molecule has 2 aromatic rings. The number of benzene rings is 1. The van der Waals surface area contributed by atoms with Crippen LogP contribution in [-0.4, -0.2) is 35.2 Å². The first kappa shape index (κ1) is 15.3. The Morgan fingerprint density at radius 3 is 2.91 bits per heavy atom. The molecule has 0 bridgehead atoms. The minimum Gasteiger partial charge on any atom is -0.482 e. The molecule has 1 N–H and O–H groups in total. The lowest BCUT2D eigenvalue weighted by atomic mass is 10.1. The van der Waals surface area contributed by atoms with Crippen molar-refractivity contribution in [2.45, 2.75) is 13.0 Å². The molecule has 120 valence electrons. The second kappa shape index (κ2) is 5.88. The molecule has 0 saturated heterocycles. The largest absolute Gasteiger partial charge is 0.482 e. The van der Waals surface area contributed by atoms with Crippen LogP contribution >= 0.6 is 11.3 Å². The van der Waals surface area contributed by atoms with Crippen LogP contribution in [-0.2, 0) is 16.1 Å². The first-order valence-corrected chi connectivity index (χ1v) is 7.79. The van der Waals surface area contributed by atoms with E-state index < -0.39 is 5.97 Å². The van der Waals surface area contributed by atoms with Gasteiger partial charge in [0.25, 0.3) is 5.91 Å². The van der Waals surface area contributed by atoms with Gasteiger partial charge in [-0.3, -0.25) is 19.0 Å². The van der Waals surface area contributed by atoms with Gasteiger partial charge in [0.15, 0.2) is 6.61 Å². The Balaban J connectivity index is 2.02. The van der Waals surface area contributed by atoms with E-state index in [-0.39, 0.29) is 30.4 Å². The van der Waals surface area contributed by atoms with E-state index in [1.165, 1.54) is 9.47 Å². The van der Waals surface area contributed by atoms with Gasteiger partial charge in [0.1, 0.15) is 5.75 Å². The number of aromatic nitrogens is 1. The Morgan fingerprint density at radius 2 is 2.17 bits per heavy atom. The number of hydrogen-bond donors (Lipinski definition) is 1. The van der Waals surface area contributed by atoms with Crippen LogP contribution in [0.1, 0.15) is 6.42 Å². The summed E-state index contributed by atoms with van der Waals surface area (Å²) in [5, 5.41) is 10.5. The third-order valence-electron chi connectivity index (χ3n) is 3.67. The molecule has 3 rings (SSSR count). The van der Waals surface area contributed by atoms with Crippen molar-refractivity contribution in [1.82, 2.24) is 4.57 Å². The van der Waals surface area contributed by atoms with E-state index in [2.05, 4.69) is 0 Å². The molecule has 0 spiro atoms. The second-order valence-electron chi connectivity index (χ2n) is 5.11. The summed E-state index contributed by atoms with van der Waals surface area (Å²) < 4.78 is 6.81. The van der Waals surface area contributed by atoms with E-state index in [1.54, 1.807) is 30.6 Å². The molecular formula is C15H14N2O5S. The highest BCUT2D eigenvalue weighted by atomic mass is 32.1. The number of nitrogens with zero attached hydrogens (tertiary/aromatic N) is 2. The molecule has 0 atom stereocenters. The van der Waals surface area contributed by atoms with Crippen molar-refractivity contribution in [3.05, 3.63) is 33.2 Å². The van der Waals surface area contributed by atoms with Crippen molar-refractivity contribution in [3.8, 4) is 17.0 Å². The van der Waals surface area contributed by atoms with E-state index in [4.69, 9.17) is 9.84 Å². The number of carbonyl (C=O) groups excluding carboxylic acids is 1. The highest BCUT2D eigenvalue weighted by molar-refractivity contribution is 7.07. The van der Waals surface area contributed by atoms with Gasteiger partial charge in [-0.1, -0.05) is 11.3 Å². The van der Waals surface area contributed by atoms with Crippen LogP contribution in [0.5, 0.6) is 5.75 Å². The van der Waals surface area contributed by atoms with Gasteiger partial charge < -0.3 is 14.7 Å². The number of rotatable bonds is 4. The molecule has 0 unspecified atom stereocenters. The van der Waals surface area contributed by atoms with Crippen molar-refractivity contribution in [2.24, 2.45) is 0 Å². The number of aliphatic carboxylic acids is 1. The molecule has 2 heterocycles. The minimum atomic E-state index is -0.960. The van der Waals surface area contributed by atoms with Crippen LogP contribution in [0.15, 0.2) is 28.4 Å². The lowest BCUT2D eigenvalue weighted by Crippen LogP contribution is -2.35. The highest BCUT2D eigenvalue weighted by Crippen LogP contribution is 2.35. The summed E-state index contributed by atoms with van der Waals surface area (Å²) in [6.45, 7) is 0.111. The highest BCUT2D eigenvalue weighted by Gasteiger charge is 2.23. The number of likely N-dealkylation sites (N-methyl/N-ethyl adjacent to an activating group) is 1. The topological polar surface area (TPSA) is 88.8 Å². The summed E-state index contributed by atoms with van der Waals surface area (Å²) in [4.78, 5) is 35.7. The fourth-order valence-corrected chi connectivity index (χ4v) is 3.20. The van der Waals surface area contributed by atoms with Gasteiger partial charge in [0.05, 0.1) is 17.8 Å². The SMILES string of the molecule is CN1C(=O)COc2ccc(-c3csc(=O)n3CCC(=O)O)cc21. The maximum atomic E-state index is 11.9. The van der Waals surface area contributed by atoms with Crippen molar-refractivity contribution in [1.29, 1.82) is 0 Å². The van der Waals surface area contributed by atoms with Gasteiger partial charge in [0.2, 0.25) is 0 Å². The quantitative estimate of drug-likeness (QED) is 0.913.